The van der Waals surface area contributed by atoms with E-state index in [1.807, 2.05) is 30.3 Å². The van der Waals surface area contributed by atoms with Crippen molar-refractivity contribution in [2.24, 2.45) is 0 Å². The summed E-state index contributed by atoms with van der Waals surface area (Å²) in [4.78, 5) is 12.0. The van der Waals surface area contributed by atoms with Crippen LogP contribution in [0.5, 0.6) is 5.75 Å². The number of amides is 2. The standard InChI is InChI=1S/C19H22N2O2/c1-14-5-4-6-15(11-14)9-10-20-19(22)21-17-12-16-7-2-3-8-18(16)23-13-17/h2-8,11,17H,9-10,12-13H2,1H3,(H2,20,21,22)/t17-/m0/s1. The molecule has 1 aliphatic heterocycles. The summed E-state index contributed by atoms with van der Waals surface area (Å²) in [5, 5.41) is 5.90. The summed E-state index contributed by atoms with van der Waals surface area (Å²) in [6.07, 6.45) is 1.64. The van der Waals surface area contributed by atoms with Gasteiger partial charge in [0, 0.05) is 6.54 Å². The first-order chi connectivity index (χ1) is 11.2. The zero-order valence-electron chi connectivity index (χ0n) is 13.3. The molecule has 1 heterocycles. The van der Waals surface area contributed by atoms with Crippen LogP contribution in [0.4, 0.5) is 4.79 Å². The molecule has 23 heavy (non-hydrogen) atoms. The molecule has 0 aliphatic carbocycles. The van der Waals surface area contributed by atoms with E-state index in [4.69, 9.17) is 4.74 Å². The van der Waals surface area contributed by atoms with Crippen molar-refractivity contribution in [2.45, 2.75) is 25.8 Å². The maximum absolute atomic E-state index is 12.0. The number of hydrogen-bond donors (Lipinski definition) is 2. The lowest BCUT2D eigenvalue weighted by Crippen LogP contribution is -2.47. The van der Waals surface area contributed by atoms with Crippen molar-refractivity contribution in [2.75, 3.05) is 13.2 Å². The number of para-hydroxylation sites is 1. The van der Waals surface area contributed by atoms with Crippen LogP contribution in [-0.2, 0) is 12.8 Å². The van der Waals surface area contributed by atoms with E-state index in [1.165, 1.54) is 11.1 Å². The summed E-state index contributed by atoms with van der Waals surface area (Å²) in [5.74, 6) is 0.922. The van der Waals surface area contributed by atoms with Crippen LogP contribution >= 0.6 is 0 Å². The van der Waals surface area contributed by atoms with Gasteiger partial charge in [0.25, 0.3) is 0 Å². The summed E-state index contributed by atoms with van der Waals surface area (Å²) >= 11 is 0. The molecule has 0 radical (unpaired) electrons. The van der Waals surface area contributed by atoms with Gasteiger partial charge >= 0.3 is 6.03 Å². The van der Waals surface area contributed by atoms with Gasteiger partial charge in [0.2, 0.25) is 0 Å². The number of urea groups is 1. The molecule has 120 valence electrons. The lowest BCUT2D eigenvalue weighted by atomic mass is 10.0. The third kappa shape index (κ3) is 4.25. The number of ether oxygens (including phenoxy) is 1. The normalized spacial score (nSPS) is 16.1. The predicted octanol–water partition coefficient (Wildman–Crippen LogP) is 2.84. The average molecular weight is 310 g/mol. The maximum Gasteiger partial charge on any atom is 0.315 e. The van der Waals surface area contributed by atoms with Crippen molar-refractivity contribution in [1.29, 1.82) is 0 Å². The van der Waals surface area contributed by atoms with Gasteiger partial charge < -0.3 is 15.4 Å². The van der Waals surface area contributed by atoms with E-state index >= 15 is 0 Å². The van der Waals surface area contributed by atoms with Crippen molar-refractivity contribution < 1.29 is 9.53 Å². The Kier molecular flexibility index (Phi) is 4.81. The van der Waals surface area contributed by atoms with Crippen LogP contribution in [0.1, 0.15) is 16.7 Å². The molecular formula is C19H22N2O2. The predicted molar refractivity (Wildman–Crippen MR) is 90.8 cm³/mol. The first-order valence-electron chi connectivity index (χ1n) is 8.01. The molecule has 0 saturated carbocycles. The quantitative estimate of drug-likeness (QED) is 0.912. The summed E-state index contributed by atoms with van der Waals surface area (Å²) in [6.45, 7) is 3.21. The molecule has 1 atom stereocenters. The van der Waals surface area contributed by atoms with Gasteiger partial charge in [-0.1, -0.05) is 48.0 Å². The molecule has 0 fully saturated rings. The topological polar surface area (TPSA) is 50.4 Å². The molecule has 2 amide bonds. The van der Waals surface area contributed by atoms with Crippen LogP contribution < -0.4 is 15.4 Å². The van der Waals surface area contributed by atoms with E-state index in [2.05, 4.69) is 35.8 Å². The molecule has 4 heteroatoms. The lowest BCUT2D eigenvalue weighted by molar-refractivity contribution is 0.214. The number of carbonyl (C=O) groups is 1. The van der Waals surface area contributed by atoms with Crippen molar-refractivity contribution >= 4 is 6.03 Å². The molecule has 0 unspecified atom stereocenters. The molecule has 4 nitrogen and oxygen atoms in total. The molecule has 3 rings (SSSR count). The Labute approximate surface area is 136 Å². The van der Waals surface area contributed by atoms with Crippen molar-refractivity contribution in [3.05, 3.63) is 65.2 Å². The zero-order valence-corrected chi connectivity index (χ0v) is 13.3. The number of fused-ring (bicyclic) bond motifs is 1. The molecule has 0 bridgehead atoms. The van der Waals surface area contributed by atoms with Crippen LogP contribution in [0.15, 0.2) is 48.5 Å². The van der Waals surface area contributed by atoms with E-state index in [-0.39, 0.29) is 12.1 Å². The Morgan fingerprint density at radius 1 is 1.22 bits per heavy atom. The highest BCUT2D eigenvalue weighted by molar-refractivity contribution is 5.74. The SMILES string of the molecule is Cc1cccc(CCNC(=O)N[C@@H]2COc3ccccc3C2)c1. The van der Waals surface area contributed by atoms with E-state index in [1.54, 1.807) is 0 Å². The minimum Gasteiger partial charge on any atom is -0.491 e. The summed E-state index contributed by atoms with van der Waals surface area (Å²) in [5.41, 5.74) is 3.62. The molecule has 2 aromatic rings. The fourth-order valence-electron chi connectivity index (χ4n) is 2.85. The number of benzene rings is 2. The molecule has 2 aromatic carbocycles. The van der Waals surface area contributed by atoms with E-state index < -0.39 is 0 Å². The molecule has 0 saturated heterocycles. The largest absolute Gasteiger partial charge is 0.491 e. The number of nitrogens with one attached hydrogen (secondary N) is 2. The molecular weight excluding hydrogens is 288 g/mol. The van der Waals surface area contributed by atoms with Crippen LogP contribution in [0, 0.1) is 6.92 Å². The average Bonchev–Trinajstić information content (AvgIpc) is 2.55. The number of rotatable bonds is 4. The van der Waals surface area contributed by atoms with Crippen molar-refractivity contribution in [1.82, 2.24) is 10.6 Å². The Morgan fingerprint density at radius 3 is 2.96 bits per heavy atom. The molecule has 2 N–H and O–H groups in total. The smallest absolute Gasteiger partial charge is 0.315 e. The second-order valence-corrected chi connectivity index (χ2v) is 5.96. The number of aryl methyl sites for hydroxylation is 1. The van der Waals surface area contributed by atoms with Gasteiger partial charge in [-0.2, -0.15) is 0 Å². The summed E-state index contributed by atoms with van der Waals surface area (Å²) in [6, 6.07) is 16.2. The first kappa shape index (κ1) is 15.4. The maximum atomic E-state index is 12.0. The fourth-order valence-corrected chi connectivity index (χ4v) is 2.85. The highest BCUT2D eigenvalue weighted by Crippen LogP contribution is 2.23. The minimum atomic E-state index is -0.134. The first-order valence-corrected chi connectivity index (χ1v) is 8.01. The number of carbonyl (C=O) groups excluding carboxylic acids is 1. The second-order valence-electron chi connectivity index (χ2n) is 5.96. The van der Waals surface area contributed by atoms with E-state index in [0.29, 0.717) is 13.2 Å². The minimum absolute atomic E-state index is 0.0175. The monoisotopic (exact) mass is 310 g/mol. The molecule has 0 aromatic heterocycles. The van der Waals surface area contributed by atoms with Gasteiger partial charge in [-0.15, -0.1) is 0 Å². The van der Waals surface area contributed by atoms with Crippen molar-refractivity contribution in [3.8, 4) is 5.75 Å². The Bertz CT molecular complexity index is 685. The third-order valence-electron chi connectivity index (χ3n) is 4.00. The fraction of sp³-hybridized carbons (Fsp3) is 0.316. The molecule has 1 aliphatic rings. The van der Waals surface area contributed by atoms with Crippen LogP contribution in [0.25, 0.3) is 0 Å². The number of hydrogen-bond acceptors (Lipinski definition) is 2. The van der Waals surface area contributed by atoms with Crippen molar-refractivity contribution in [3.63, 3.8) is 0 Å². The highest BCUT2D eigenvalue weighted by Gasteiger charge is 2.20. The van der Waals surface area contributed by atoms with Crippen LogP contribution in [0.3, 0.4) is 0 Å². The van der Waals surface area contributed by atoms with Gasteiger partial charge in [-0.3, -0.25) is 0 Å². The van der Waals surface area contributed by atoms with Crippen LogP contribution in [0.2, 0.25) is 0 Å². The second kappa shape index (κ2) is 7.18. The van der Waals surface area contributed by atoms with Gasteiger partial charge in [0.05, 0.1) is 6.04 Å². The summed E-state index contributed by atoms with van der Waals surface area (Å²) in [7, 11) is 0. The van der Waals surface area contributed by atoms with Crippen LogP contribution in [-0.4, -0.2) is 25.2 Å². The van der Waals surface area contributed by atoms with Gasteiger partial charge in [0.15, 0.2) is 0 Å². The van der Waals surface area contributed by atoms with E-state index in [9.17, 15) is 4.79 Å². The Hall–Kier alpha value is -2.49. The third-order valence-corrected chi connectivity index (χ3v) is 4.00. The highest BCUT2D eigenvalue weighted by atomic mass is 16.5. The Morgan fingerprint density at radius 2 is 2.09 bits per heavy atom. The van der Waals surface area contributed by atoms with Gasteiger partial charge in [-0.05, 0) is 37.0 Å². The molecule has 0 spiro atoms. The van der Waals surface area contributed by atoms with E-state index in [0.717, 1.165) is 24.2 Å². The Balaban J connectivity index is 1.43. The lowest BCUT2D eigenvalue weighted by Gasteiger charge is -2.26. The van der Waals surface area contributed by atoms with Gasteiger partial charge in [-0.25, -0.2) is 4.79 Å². The summed E-state index contributed by atoms with van der Waals surface area (Å²) < 4.78 is 5.68. The zero-order chi connectivity index (χ0) is 16.1. The van der Waals surface area contributed by atoms with Gasteiger partial charge in [0.1, 0.15) is 12.4 Å².